The summed E-state index contributed by atoms with van der Waals surface area (Å²) >= 11 is 13.2. The molecule has 4 nitrogen and oxygen atoms in total. The van der Waals surface area contributed by atoms with Crippen molar-refractivity contribution in [3.05, 3.63) is 166 Å². The highest BCUT2D eigenvalue weighted by molar-refractivity contribution is 6.35. The second-order valence-corrected chi connectivity index (χ2v) is 11.4. The number of halogens is 2. The van der Waals surface area contributed by atoms with E-state index in [-0.39, 0.29) is 5.92 Å². The van der Waals surface area contributed by atoms with Gasteiger partial charge >= 0.3 is 0 Å². The van der Waals surface area contributed by atoms with Gasteiger partial charge in [0.15, 0.2) is 0 Å². The molecule has 212 valence electrons. The van der Waals surface area contributed by atoms with Crippen LogP contribution in [0, 0.1) is 0 Å². The van der Waals surface area contributed by atoms with Crippen LogP contribution in [0.25, 0.3) is 21.8 Å². The van der Waals surface area contributed by atoms with Gasteiger partial charge in [0.25, 0.3) is 0 Å². The molecule has 2 aromatic heterocycles. The highest BCUT2D eigenvalue weighted by Gasteiger charge is 2.26. The van der Waals surface area contributed by atoms with Crippen molar-refractivity contribution in [2.75, 3.05) is 0 Å². The van der Waals surface area contributed by atoms with Crippen LogP contribution in [0.1, 0.15) is 33.7 Å². The molecule has 0 atom stereocenters. The summed E-state index contributed by atoms with van der Waals surface area (Å²) in [5, 5.41) is 3.33. The van der Waals surface area contributed by atoms with Crippen LogP contribution in [0.5, 0.6) is 11.5 Å². The summed E-state index contributed by atoms with van der Waals surface area (Å²) in [5.74, 6) is 1.41. The van der Waals surface area contributed by atoms with E-state index < -0.39 is 0 Å². The Labute approximate surface area is 259 Å². The normalized spacial score (nSPS) is 11.4. The summed E-state index contributed by atoms with van der Waals surface area (Å²) in [7, 11) is 0. The van der Waals surface area contributed by atoms with E-state index in [4.69, 9.17) is 32.7 Å². The number of hydrogen-bond donors (Lipinski definition) is 2. The van der Waals surface area contributed by atoms with E-state index in [1.165, 1.54) is 0 Å². The number of aromatic amines is 2. The van der Waals surface area contributed by atoms with Crippen LogP contribution in [0.4, 0.5) is 0 Å². The molecule has 0 saturated carbocycles. The minimum atomic E-state index is -0.194. The maximum Gasteiger partial charge on any atom is 0.120 e. The third kappa shape index (κ3) is 5.72. The SMILES string of the molecule is Clc1ccc(C(c2c[nH]c3ccc(OCc4ccccc4)cc23)c2c[nH]c3ccc(OCc4ccccc4)cc23)c(Cl)c1. The topological polar surface area (TPSA) is 50.0 Å². The molecule has 0 spiro atoms. The molecule has 5 aromatic carbocycles. The van der Waals surface area contributed by atoms with Gasteiger partial charge in [0.1, 0.15) is 24.7 Å². The summed E-state index contributed by atoms with van der Waals surface area (Å²) < 4.78 is 12.4. The second kappa shape index (κ2) is 11.9. The Kier molecular flexibility index (Phi) is 7.55. The molecule has 0 saturated heterocycles. The summed E-state index contributed by atoms with van der Waals surface area (Å²) in [6.07, 6.45) is 4.13. The molecule has 2 heterocycles. The molecule has 7 rings (SSSR count). The van der Waals surface area contributed by atoms with Crippen LogP contribution in [0.2, 0.25) is 10.0 Å². The molecular weight excluding hydrogens is 575 g/mol. The molecule has 6 heteroatoms. The fourth-order valence-corrected chi connectivity index (χ4v) is 6.14. The molecule has 0 amide bonds. The maximum atomic E-state index is 6.90. The Hall–Kier alpha value is -4.64. The predicted molar refractivity (Wildman–Crippen MR) is 176 cm³/mol. The van der Waals surface area contributed by atoms with Gasteiger partial charge in [-0.1, -0.05) is 89.9 Å². The zero-order valence-corrected chi connectivity index (χ0v) is 24.7. The van der Waals surface area contributed by atoms with E-state index in [1.54, 1.807) is 6.07 Å². The molecular formula is C37H28Cl2N2O2. The van der Waals surface area contributed by atoms with Crippen molar-refractivity contribution in [2.45, 2.75) is 19.1 Å². The smallest absolute Gasteiger partial charge is 0.120 e. The molecule has 0 aliphatic carbocycles. The molecule has 0 aliphatic rings. The van der Waals surface area contributed by atoms with Crippen molar-refractivity contribution < 1.29 is 9.47 Å². The van der Waals surface area contributed by atoms with Crippen molar-refractivity contribution in [1.29, 1.82) is 0 Å². The zero-order valence-electron chi connectivity index (χ0n) is 23.2. The third-order valence-corrected chi connectivity index (χ3v) is 8.33. The molecule has 0 aliphatic heterocycles. The van der Waals surface area contributed by atoms with E-state index in [9.17, 15) is 0 Å². The highest BCUT2D eigenvalue weighted by Crippen LogP contribution is 2.43. The number of aromatic nitrogens is 2. The van der Waals surface area contributed by atoms with Gasteiger partial charge < -0.3 is 19.4 Å². The molecule has 0 bridgehead atoms. The fraction of sp³-hybridized carbons (Fsp3) is 0.0811. The molecule has 0 unspecified atom stereocenters. The van der Waals surface area contributed by atoms with Crippen molar-refractivity contribution in [1.82, 2.24) is 9.97 Å². The van der Waals surface area contributed by atoms with Gasteiger partial charge in [-0.25, -0.2) is 0 Å². The lowest BCUT2D eigenvalue weighted by Crippen LogP contribution is -2.04. The van der Waals surface area contributed by atoms with E-state index in [0.29, 0.717) is 23.3 Å². The highest BCUT2D eigenvalue weighted by atomic mass is 35.5. The second-order valence-electron chi connectivity index (χ2n) is 10.6. The van der Waals surface area contributed by atoms with Crippen LogP contribution in [-0.4, -0.2) is 9.97 Å². The lowest BCUT2D eigenvalue weighted by Gasteiger charge is -2.19. The average Bonchev–Trinajstić information content (AvgIpc) is 3.65. The van der Waals surface area contributed by atoms with E-state index in [2.05, 4.69) is 70.9 Å². The van der Waals surface area contributed by atoms with Gasteiger partial charge in [-0.05, 0) is 76.3 Å². The van der Waals surface area contributed by atoms with Gasteiger partial charge in [-0.3, -0.25) is 0 Å². The van der Waals surface area contributed by atoms with Crippen LogP contribution in [0.3, 0.4) is 0 Å². The minimum absolute atomic E-state index is 0.194. The monoisotopic (exact) mass is 602 g/mol. The van der Waals surface area contributed by atoms with Gasteiger partial charge in [-0.15, -0.1) is 0 Å². The first kappa shape index (κ1) is 27.2. The summed E-state index contributed by atoms with van der Waals surface area (Å²) in [5.41, 5.74) is 7.40. The molecule has 0 radical (unpaired) electrons. The van der Waals surface area contributed by atoms with E-state index in [1.807, 2.05) is 60.7 Å². The number of H-pyrrole nitrogens is 2. The minimum Gasteiger partial charge on any atom is -0.489 e. The van der Waals surface area contributed by atoms with Gasteiger partial charge in [-0.2, -0.15) is 0 Å². The quantitative estimate of drug-likeness (QED) is 0.173. The fourth-order valence-electron chi connectivity index (χ4n) is 5.62. The van der Waals surface area contributed by atoms with Crippen molar-refractivity contribution in [2.24, 2.45) is 0 Å². The Balaban J connectivity index is 1.31. The Bertz CT molecular complexity index is 1890. The first-order valence-electron chi connectivity index (χ1n) is 14.1. The Morgan fingerprint density at radius 2 is 1.05 bits per heavy atom. The Morgan fingerprint density at radius 3 is 1.53 bits per heavy atom. The summed E-state index contributed by atoms with van der Waals surface area (Å²) in [6.45, 7) is 0.986. The van der Waals surface area contributed by atoms with E-state index >= 15 is 0 Å². The lowest BCUT2D eigenvalue weighted by atomic mass is 9.84. The number of benzene rings is 5. The van der Waals surface area contributed by atoms with E-state index in [0.717, 1.165) is 61.1 Å². The standard InChI is InChI=1S/C37H28Cl2N2O2/c38-26-11-14-29(34(39)17-26)37(32-20-40-35-15-12-27(18-30(32)35)42-22-24-7-3-1-4-8-24)33-21-41-36-16-13-28(19-31(33)36)43-23-25-9-5-2-6-10-25/h1-21,37,40-41H,22-23H2. The lowest BCUT2D eigenvalue weighted by molar-refractivity contribution is 0.306. The van der Waals surface area contributed by atoms with Crippen LogP contribution < -0.4 is 9.47 Å². The third-order valence-electron chi connectivity index (χ3n) is 7.76. The van der Waals surface area contributed by atoms with Crippen molar-refractivity contribution >= 4 is 45.0 Å². The number of nitrogens with one attached hydrogen (secondary N) is 2. The van der Waals surface area contributed by atoms with Crippen molar-refractivity contribution in [3.8, 4) is 11.5 Å². The summed E-state index contributed by atoms with van der Waals surface area (Å²) in [6, 6.07) is 38.4. The number of ether oxygens (including phenoxy) is 2. The predicted octanol–water partition coefficient (Wildman–Crippen LogP) is 10.3. The largest absolute Gasteiger partial charge is 0.489 e. The maximum absolute atomic E-state index is 6.90. The first-order chi connectivity index (χ1) is 21.1. The number of rotatable bonds is 9. The zero-order chi connectivity index (χ0) is 29.2. The van der Waals surface area contributed by atoms with Crippen LogP contribution in [0.15, 0.2) is 128 Å². The number of hydrogen-bond acceptors (Lipinski definition) is 2. The van der Waals surface area contributed by atoms with Gasteiger partial charge in [0.05, 0.1) is 0 Å². The van der Waals surface area contributed by atoms with Gasteiger partial charge in [0.2, 0.25) is 0 Å². The molecule has 2 N–H and O–H groups in total. The molecule has 7 aromatic rings. The van der Waals surface area contributed by atoms with Crippen molar-refractivity contribution in [3.63, 3.8) is 0 Å². The number of fused-ring (bicyclic) bond motifs is 2. The molecule has 43 heavy (non-hydrogen) atoms. The Morgan fingerprint density at radius 1 is 0.535 bits per heavy atom. The summed E-state index contributed by atoms with van der Waals surface area (Å²) in [4.78, 5) is 6.94. The average molecular weight is 604 g/mol. The van der Waals surface area contributed by atoms with Gasteiger partial charge in [0, 0.05) is 50.2 Å². The molecule has 0 fully saturated rings. The van der Waals surface area contributed by atoms with Crippen LogP contribution in [-0.2, 0) is 13.2 Å². The van der Waals surface area contributed by atoms with Crippen LogP contribution >= 0.6 is 23.2 Å². The first-order valence-corrected chi connectivity index (χ1v) is 14.9.